The summed E-state index contributed by atoms with van der Waals surface area (Å²) in [5.41, 5.74) is 0. The largest absolute Gasteiger partial charge is 0.382 e. The molecule has 0 aliphatic carbocycles. The number of ether oxygens (including phenoxy) is 2. The average molecular weight is 140 g/mol. The van der Waals surface area contributed by atoms with Crippen LogP contribution in [0.25, 0.3) is 0 Å². The standard InChI is InChI=1S/C5H10F2O2/c1-4(3-8-2)9-5(6)7/h4-5H,3H2,1-2H3/t4-/m0/s1. The molecule has 0 N–H and O–H groups in total. The van der Waals surface area contributed by atoms with Crippen molar-refractivity contribution >= 4 is 0 Å². The van der Waals surface area contributed by atoms with E-state index < -0.39 is 12.7 Å². The molecule has 0 radical (unpaired) electrons. The van der Waals surface area contributed by atoms with E-state index in [2.05, 4.69) is 9.47 Å². The SMILES string of the molecule is COC[C@H](C)OC(F)F. The van der Waals surface area contributed by atoms with E-state index in [-0.39, 0.29) is 6.61 Å². The van der Waals surface area contributed by atoms with Gasteiger partial charge in [-0.1, -0.05) is 0 Å². The van der Waals surface area contributed by atoms with Gasteiger partial charge in [-0.05, 0) is 6.92 Å². The first-order chi connectivity index (χ1) is 4.16. The van der Waals surface area contributed by atoms with Crippen molar-refractivity contribution in [3.8, 4) is 0 Å². The van der Waals surface area contributed by atoms with Crippen LogP contribution < -0.4 is 0 Å². The number of alkyl halides is 2. The van der Waals surface area contributed by atoms with Crippen molar-refractivity contribution in [3.63, 3.8) is 0 Å². The quantitative estimate of drug-likeness (QED) is 0.585. The lowest BCUT2D eigenvalue weighted by atomic mass is 10.4. The number of hydrogen-bond acceptors (Lipinski definition) is 2. The molecule has 0 fully saturated rings. The Labute approximate surface area is 52.8 Å². The van der Waals surface area contributed by atoms with Gasteiger partial charge in [-0.2, -0.15) is 8.78 Å². The molecule has 0 unspecified atom stereocenters. The van der Waals surface area contributed by atoms with Crippen molar-refractivity contribution in [3.05, 3.63) is 0 Å². The molecule has 0 aromatic carbocycles. The zero-order valence-electron chi connectivity index (χ0n) is 5.43. The Balaban J connectivity index is 3.15. The highest BCUT2D eigenvalue weighted by molar-refractivity contribution is 4.43. The summed E-state index contributed by atoms with van der Waals surface area (Å²) in [6, 6.07) is 0. The van der Waals surface area contributed by atoms with Gasteiger partial charge in [0.15, 0.2) is 0 Å². The van der Waals surface area contributed by atoms with Crippen molar-refractivity contribution in [1.29, 1.82) is 0 Å². The second-order valence-electron chi connectivity index (χ2n) is 1.66. The molecule has 56 valence electrons. The van der Waals surface area contributed by atoms with Crippen molar-refractivity contribution in [2.75, 3.05) is 13.7 Å². The van der Waals surface area contributed by atoms with E-state index in [4.69, 9.17) is 0 Å². The Hall–Kier alpha value is -0.220. The van der Waals surface area contributed by atoms with Gasteiger partial charge in [0.05, 0.1) is 12.7 Å². The van der Waals surface area contributed by atoms with Crippen LogP contribution in [0, 0.1) is 0 Å². The normalized spacial score (nSPS) is 14.3. The smallest absolute Gasteiger partial charge is 0.345 e. The molecule has 9 heavy (non-hydrogen) atoms. The van der Waals surface area contributed by atoms with Gasteiger partial charge >= 0.3 is 6.61 Å². The molecule has 0 saturated carbocycles. The van der Waals surface area contributed by atoms with E-state index in [1.54, 1.807) is 0 Å². The maximum Gasteiger partial charge on any atom is 0.345 e. The lowest BCUT2D eigenvalue weighted by Gasteiger charge is -2.09. The van der Waals surface area contributed by atoms with E-state index in [0.717, 1.165) is 0 Å². The molecule has 0 saturated heterocycles. The van der Waals surface area contributed by atoms with Gasteiger partial charge in [0, 0.05) is 7.11 Å². The third-order valence-corrected chi connectivity index (χ3v) is 0.737. The maximum atomic E-state index is 11.3. The third kappa shape index (κ3) is 5.65. The van der Waals surface area contributed by atoms with E-state index in [1.165, 1.54) is 14.0 Å². The first kappa shape index (κ1) is 8.78. The predicted octanol–water partition coefficient (Wildman–Crippen LogP) is 1.26. The molecule has 0 aliphatic rings. The van der Waals surface area contributed by atoms with Crippen LogP contribution in [0.2, 0.25) is 0 Å². The Morgan fingerprint density at radius 2 is 2.00 bits per heavy atom. The molecule has 0 spiro atoms. The van der Waals surface area contributed by atoms with E-state index >= 15 is 0 Å². The van der Waals surface area contributed by atoms with Gasteiger partial charge in [-0.25, -0.2) is 0 Å². The molecule has 4 heteroatoms. The molecule has 0 heterocycles. The van der Waals surface area contributed by atoms with Crippen LogP contribution in [0.15, 0.2) is 0 Å². The summed E-state index contributed by atoms with van der Waals surface area (Å²) in [7, 11) is 1.44. The van der Waals surface area contributed by atoms with Crippen LogP contribution >= 0.6 is 0 Å². The molecule has 2 nitrogen and oxygen atoms in total. The van der Waals surface area contributed by atoms with Crippen molar-refractivity contribution in [2.24, 2.45) is 0 Å². The molecule has 0 amide bonds. The number of halogens is 2. The van der Waals surface area contributed by atoms with Gasteiger partial charge in [-0.3, -0.25) is 0 Å². The van der Waals surface area contributed by atoms with Gasteiger partial charge in [0.25, 0.3) is 0 Å². The molecule has 0 aromatic rings. The van der Waals surface area contributed by atoms with E-state index in [1.807, 2.05) is 0 Å². The van der Waals surface area contributed by atoms with Crippen molar-refractivity contribution in [2.45, 2.75) is 19.6 Å². The molecule has 0 aliphatic heterocycles. The summed E-state index contributed by atoms with van der Waals surface area (Å²) >= 11 is 0. The van der Waals surface area contributed by atoms with Gasteiger partial charge < -0.3 is 9.47 Å². The summed E-state index contributed by atoms with van der Waals surface area (Å²) in [6.07, 6.45) is -0.532. The number of hydrogen-bond donors (Lipinski definition) is 0. The maximum absolute atomic E-state index is 11.3. The van der Waals surface area contributed by atoms with E-state index in [0.29, 0.717) is 0 Å². The van der Waals surface area contributed by atoms with Gasteiger partial charge in [0.2, 0.25) is 0 Å². The molecule has 1 atom stereocenters. The highest BCUT2D eigenvalue weighted by Gasteiger charge is 2.07. The van der Waals surface area contributed by atoms with Crippen LogP contribution in [0.4, 0.5) is 8.78 Å². The number of rotatable bonds is 4. The van der Waals surface area contributed by atoms with Crippen LogP contribution in [0.5, 0.6) is 0 Å². The molecule has 0 rings (SSSR count). The van der Waals surface area contributed by atoms with Crippen LogP contribution in [0.1, 0.15) is 6.92 Å². The highest BCUT2D eigenvalue weighted by Crippen LogP contribution is 2.00. The highest BCUT2D eigenvalue weighted by atomic mass is 19.3. The summed E-state index contributed by atoms with van der Waals surface area (Å²) < 4.78 is 31.2. The van der Waals surface area contributed by atoms with Crippen LogP contribution in [0.3, 0.4) is 0 Å². The Morgan fingerprint density at radius 1 is 1.44 bits per heavy atom. The zero-order valence-corrected chi connectivity index (χ0v) is 5.43. The monoisotopic (exact) mass is 140 g/mol. The Kier molecular flexibility index (Phi) is 4.53. The number of methoxy groups -OCH3 is 1. The summed E-state index contributed by atoms with van der Waals surface area (Å²) in [5.74, 6) is 0. The third-order valence-electron chi connectivity index (χ3n) is 0.737. The fourth-order valence-electron chi connectivity index (χ4n) is 0.450. The first-order valence-electron chi connectivity index (χ1n) is 2.59. The second-order valence-corrected chi connectivity index (χ2v) is 1.66. The lowest BCUT2D eigenvalue weighted by molar-refractivity contribution is -0.168. The van der Waals surface area contributed by atoms with E-state index in [9.17, 15) is 8.78 Å². The molecule has 0 aromatic heterocycles. The topological polar surface area (TPSA) is 18.5 Å². The fraction of sp³-hybridized carbons (Fsp3) is 1.00. The summed E-state index contributed by atoms with van der Waals surface area (Å²) in [6.45, 7) is -0.977. The fourth-order valence-corrected chi connectivity index (χ4v) is 0.450. The lowest BCUT2D eigenvalue weighted by Crippen LogP contribution is -2.17. The zero-order chi connectivity index (χ0) is 7.28. The minimum atomic E-state index is -2.70. The summed E-state index contributed by atoms with van der Waals surface area (Å²) in [4.78, 5) is 0. The minimum Gasteiger partial charge on any atom is -0.382 e. The Bertz CT molecular complexity index is 68.0. The molecular formula is C5H10F2O2. The average Bonchev–Trinajstić information content (AvgIpc) is 1.63. The minimum absolute atomic E-state index is 0.199. The molecular weight excluding hydrogens is 130 g/mol. The first-order valence-corrected chi connectivity index (χ1v) is 2.59. The second kappa shape index (κ2) is 4.64. The van der Waals surface area contributed by atoms with Crippen molar-refractivity contribution in [1.82, 2.24) is 0 Å². The van der Waals surface area contributed by atoms with Crippen LogP contribution in [-0.2, 0) is 9.47 Å². The van der Waals surface area contributed by atoms with Gasteiger partial charge in [0.1, 0.15) is 0 Å². The molecule has 0 bridgehead atoms. The summed E-state index contributed by atoms with van der Waals surface area (Å²) in [5, 5.41) is 0. The Morgan fingerprint density at radius 3 is 2.33 bits per heavy atom. The van der Waals surface area contributed by atoms with Crippen LogP contribution in [-0.4, -0.2) is 26.4 Å². The predicted molar refractivity (Wildman–Crippen MR) is 28.4 cm³/mol. The van der Waals surface area contributed by atoms with Crippen molar-refractivity contribution < 1.29 is 18.3 Å². The van der Waals surface area contributed by atoms with Gasteiger partial charge in [-0.15, -0.1) is 0 Å².